The number of hydrogen-bond acceptors (Lipinski definition) is 5. The molecule has 220 valence electrons. The zero-order valence-electron chi connectivity index (χ0n) is 24.2. The smallest absolute Gasteiger partial charge is 0.254 e. The molecule has 1 aliphatic heterocycles. The number of allylic oxidation sites excluding steroid dienone is 5. The number of carbonyl (C=O) groups is 1. The molecule has 0 saturated carbocycles. The van der Waals surface area contributed by atoms with Crippen molar-refractivity contribution in [1.29, 1.82) is 0 Å². The van der Waals surface area contributed by atoms with E-state index in [4.69, 9.17) is 28.2 Å². The van der Waals surface area contributed by atoms with E-state index >= 15 is 0 Å². The Morgan fingerprint density at radius 1 is 1.12 bits per heavy atom. The Morgan fingerprint density at radius 3 is 2.70 bits per heavy atom. The van der Waals surface area contributed by atoms with Gasteiger partial charge in [-0.05, 0) is 61.2 Å². The first-order valence-corrected chi connectivity index (χ1v) is 14.8. The van der Waals surface area contributed by atoms with Crippen molar-refractivity contribution >= 4 is 40.4 Å². The number of nitrogens with one attached hydrogen (secondary N) is 1. The summed E-state index contributed by atoms with van der Waals surface area (Å²) in [6, 6.07) is 10.4. The minimum atomic E-state index is -0.389. The fraction of sp³-hybridized carbons (Fsp3) is 0.242. The molecule has 10 heteroatoms. The Labute approximate surface area is 260 Å². The first kappa shape index (κ1) is 30.2. The van der Waals surface area contributed by atoms with Crippen LogP contribution in [0.4, 0.5) is 5.69 Å². The van der Waals surface area contributed by atoms with Crippen LogP contribution in [0.15, 0.2) is 89.8 Å². The monoisotopic (exact) mass is 614 g/mol. The molecule has 1 aromatic carbocycles. The van der Waals surface area contributed by atoms with Crippen LogP contribution < -0.4 is 10.9 Å². The average Bonchev–Trinajstić information content (AvgIpc) is 3.36. The molecule has 0 radical (unpaired) electrons. The number of rotatable bonds is 5. The molecule has 8 nitrogen and oxygen atoms in total. The Balaban J connectivity index is 1.57. The van der Waals surface area contributed by atoms with Gasteiger partial charge in [0.15, 0.2) is 0 Å². The van der Waals surface area contributed by atoms with E-state index in [9.17, 15) is 9.59 Å². The predicted octanol–water partition coefficient (Wildman–Crippen LogP) is 7.42. The molecule has 0 fully saturated rings. The molecular weight excluding hydrogens is 583 g/mol. The lowest BCUT2D eigenvalue weighted by atomic mass is 9.96. The lowest BCUT2D eigenvalue weighted by Crippen LogP contribution is -2.27. The minimum Gasteiger partial charge on any atom is -0.323 e. The van der Waals surface area contributed by atoms with E-state index in [-0.39, 0.29) is 23.4 Å². The van der Waals surface area contributed by atoms with Gasteiger partial charge >= 0.3 is 0 Å². The predicted molar refractivity (Wildman–Crippen MR) is 173 cm³/mol. The fourth-order valence-electron chi connectivity index (χ4n) is 5.25. The van der Waals surface area contributed by atoms with Gasteiger partial charge in [-0.15, -0.1) is 0 Å². The molecule has 3 aromatic heterocycles. The van der Waals surface area contributed by atoms with Crippen LogP contribution in [0.25, 0.3) is 28.1 Å². The van der Waals surface area contributed by atoms with E-state index in [1.165, 1.54) is 6.07 Å². The summed E-state index contributed by atoms with van der Waals surface area (Å²) in [4.78, 5) is 36.1. The number of hydrogen-bond donors (Lipinski definition) is 1. The number of halogens is 2. The highest BCUT2D eigenvalue weighted by molar-refractivity contribution is 6.31. The van der Waals surface area contributed by atoms with Gasteiger partial charge in [0.1, 0.15) is 0 Å². The molecule has 4 aromatic rings. The number of anilines is 1. The van der Waals surface area contributed by atoms with Gasteiger partial charge in [-0.1, -0.05) is 61.3 Å². The van der Waals surface area contributed by atoms with E-state index < -0.39 is 0 Å². The maximum Gasteiger partial charge on any atom is 0.254 e. The molecule has 1 aliphatic rings. The zero-order chi connectivity index (χ0) is 30.7. The third-order valence-corrected chi connectivity index (χ3v) is 8.23. The normalized spacial score (nSPS) is 17.6. The molecule has 1 amide bonds. The molecule has 0 aliphatic carbocycles. The van der Waals surface area contributed by atoms with Gasteiger partial charge in [0.25, 0.3) is 5.56 Å². The van der Waals surface area contributed by atoms with Crippen molar-refractivity contribution in [2.75, 3.05) is 5.32 Å². The standard InChI is InChI=1S/C33H32Cl2N6O2/c1-5-23(34)10-9-20(2)25-12-11-24(35)16-26(25)27-17-31(42)41(19-37-27)30-8-6-7-21(3)33(43)39-29-18-38-40(4)32(29)22-13-14-36-28(30)15-22/h5,9-19,21,30H,2,6-8H2,1,3-4H3,(H,39,43)/b10-9-,23-5+/t21-,30+/m1/s1. The van der Waals surface area contributed by atoms with E-state index in [2.05, 4.69) is 22.0 Å². The second-order valence-electron chi connectivity index (χ2n) is 10.6. The van der Waals surface area contributed by atoms with Crippen molar-refractivity contribution in [3.05, 3.63) is 112 Å². The topological polar surface area (TPSA) is 94.7 Å². The maximum absolute atomic E-state index is 13.8. The van der Waals surface area contributed by atoms with Gasteiger partial charge in [0.05, 0.1) is 41.3 Å². The molecule has 4 heterocycles. The van der Waals surface area contributed by atoms with E-state index in [1.807, 2.05) is 45.2 Å². The van der Waals surface area contributed by atoms with E-state index in [0.29, 0.717) is 51.8 Å². The number of pyridine rings is 1. The van der Waals surface area contributed by atoms with Crippen molar-refractivity contribution < 1.29 is 4.79 Å². The van der Waals surface area contributed by atoms with Gasteiger partial charge in [0.2, 0.25) is 5.91 Å². The van der Waals surface area contributed by atoms with Crippen LogP contribution in [0.1, 0.15) is 50.4 Å². The number of aromatic nitrogens is 5. The van der Waals surface area contributed by atoms with Crippen LogP contribution in [0.3, 0.4) is 0 Å². The summed E-state index contributed by atoms with van der Waals surface area (Å²) in [5.41, 5.74) is 5.38. The lowest BCUT2D eigenvalue weighted by Gasteiger charge is -2.22. The van der Waals surface area contributed by atoms with Crippen LogP contribution in [0.2, 0.25) is 5.02 Å². The van der Waals surface area contributed by atoms with Crippen LogP contribution in [-0.4, -0.2) is 30.2 Å². The number of fused-ring (bicyclic) bond motifs is 4. The van der Waals surface area contributed by atoms with Crippen LogP contribution in [0.5, 0.6) is 0 Å². The lowest BCUT2D eigenvalue weighted by molar-refractivity contribution is -0.119. The van der Waals surface area contributed by atoms with Crippen molar-refractivity contribution in [2.24, 2.45) is 13.0 Å². The molecule has 43 heavy (non-hydrogen) atoms. The fourth-order valence-corrected chi connectivity index (χ4v) is 5.48. The second-order valence-corrected chi connectivity index (χ2v) is 11.5. The Hall–Kier alpha value is -4.27. The van der Waals surface area contributed by atoms with Crippen LogP contribution in [-0.2, 0) is 11.8 Å². The summed E-state index contributed by atoms with van der Waals surface area (Å²) in [5, 5.41) is 8.50. The van der Waals surface area contributed by atoms with Crippen LogP contribution >= 0.6 is 23.2 Å². The quantitative estimate of drug-likeness (QED) is 0.236. The Bertz CT molecular complexity index is 1820. The first-order chi connectivity index (χ1) is 20.7. The van der Waals surface area contributed by atoms with E-state index in [1.54, 1.807) is 52.3 Å². The average molecular weight is 616 g/mol. The molecule has 2 bridgehead atoms. The highest BCUT2D eigenvalue weighted by atomic mass is 35.5. The molecular formula is C33H32Cl2N6O2. The maximum atomic E-state index is 13.8. The number of aryl methyl sites for hydroxylation is 1. The van der Waals surface area contributed by atoms with Crippen molar-refractivity contribution in [2.45, 2.75) is 39.2 Å². The third kappa shape index (κ3) is 6.55. The molecule has 0 spiro atoms. The number of benzene rings is 1. The molecule has 0 unspecified atom stereocenters. The highest BCUT2D eigenvalue weighted by Gasteiger charge is 2.24. The molecule has 0 saturated heterocycles. The largest absolute Gasteiger partial charge is 0.323 e. The summed E-state index contributed by atoms with van der Waals surface area (Å²) in [5.74, 6) is -0.284. The summed E-state index contributed by atoms with van der Waals surface area (Å²) < 4.78 is 3.34. The summed E-state index contributed by atoms with van der Waals surface area (Å²) in [6.07, 6.45) is 12.3. The van der Waals surface area contributed by atoms with Crippen LogP contribution in [0, 0.1) is 5.92 Å². The molecule has 1 N–H and O–H groups in total. The molecule has 5 rings (SSSR count). The number of amides is 1. The Morgan fingerprint density at radius 2 is 1.93 bits per heavy atom. The zero-order valence-corrected chi connectivity index (χ0v) is 25.7. The SMILES string of the molecule is C=C(/C=C\C(Cl)=C/C)c1ccc(Cl)cc1-c1cc(=O)n([C@H]2CCC[C@@H](C)C(=O)Nc3cnn(C)c3-c3ccnc2c3)cn1. The molecule has 2 atom stereocenters. The number of nitrogens with zero attached hydrogens (tertiary/aromatic N) is 5. The van der Waals surface area contributed by atoms with Crippen molar-refractivity contribution in [3.8, 4) is 22.5 Å². The third-order valence-electron chi connectivity index (χ3n) is 7.65. The van der Waals surface area contributed by atoms with Gasteiger partial charge < -0.3 is 5.32 Å². The van der Waals surface area contributed by atoms with Crippen molar-refractivity contribution in [3.63, 3.8) is 0 Å². The van der Waals surface area contributed by atoms with Gasteiger partial charge in [-0.3, -0.25) is 23.8 Å². The number of carbonyl (C=O) groups excluding carboxylic acids is 1. The van der Waals surface area contributed by atoms with Crippen molar-refractivity contribution in [1.82, 2.24) is 24.3 Å². The summed E-state index contributed by atoms with van der Waals surface area (Å²) in [7, 11) is 1.83. The second kappa shape index (κ2) is 12.9. The van der Waals surface area contributed by atoms with Gasteiger partial charge in [-0.25, -0.2) is 4.98 Å². The highest BCUT2D eigenvalue weighted by Crippen LogP contribution is 2.33. The van der Waals surface area contributed by atoms with E-state index in [0.717, 1.165) is 22.5 Å². The first-order valence-electron chi connectivity index (χ1n) is 14.0. The minimum absolute atomic E-state index is 0.0643. The van der Waals surface area contributed by atoms with Gasteiger partial charge in [0, 0.05) is 46.4 Å². The summed E-state index contributed by atoms with van der Waals surface area (Å²) in [6.45, 7) is 7.94. The summed E-state index contributed by atoms with van der Waals surface area (Å²) >= 11 is 12.5. The Kier molecular flexibility index (Phi) is 9.08. The van der Waals surface area contributed by atoms with Gasteiger partial charge in [-0.2, -0.15) is 5.10 Å².